The predicted octanol–water partition coefficient (Wildman–Crippen LogP) is 0.0880. The van der Waals surface area contributed by atoms with Crippen molar-refractivity contribution in [3.63, 3.8) is 0 Å². The maximum Gasteiger partial charge on any atom is 0.410 e. The normalized spacial score (nSPS) is 26.1. The van der Waals surface area contributed by atoms with Gasteiger partial charge in [-0.25, -0.2) is 4.79 Å². The Morgan fingerprint density at radius 3 is 2.10 bits per heavy atom. The number of aliphatic carboxylic acids is 1. The van der Waals surface area contributed by atoms with E-state index in [1.165, 1.54) is 0 Å². The number of esters is 1. The molecule has 0 aromatic heterocycles. The van der Waals surface area contributed by atoms with Gasteiger partial charge in [-0.3, -0.25) is 9.59 Å². The third kappa shape index (κ3) is 4.32. The van der Waals surface area contributed by atoms with Crippen molar-refractivity contribution in [2.75, 3.05) is 20.2 Å². The molecule has 8 nitrogen and oxygen atoms in total. The maximum atomic E-state index is 12.0. The lowest BCUT2D eigenvalue weighted by Gasteiger charge is -2.38. The van der Waals surface area contributed by atoms with E-state index in [0.29, 0.717) is 0 Å². The van der Waals surface area contributed by atoms with Crippen LogP contribution in [-0.2, 0) is 19.1 Å². The first-order chi connectivity index (χ1) is 9.56. The van der Waals surface area contributed by atoms with Gasteiger partial charge in [-0.2, -0.15) is 0 Å². The number of hydrogen-bond donors (Lipinski definition) is 2. The van der Waals surface area contributed by atoms with Gasteiger partial charge in [0.15, 0.2) is 0 Å². The highest BCUT2D eigenvalue weighted by Gasteiger charge is 2.45. The number of carboxylic acids is 1. The summed E-state index contributed by atoms with van der Waals surface area (Å²) < 4.78 is 9.71. The molecule has 1 heterocycles. The average molecular weight is 303 g/mol. The molecule has 8 heteroatoms. The molecule has 2 N–H and O–H groups in total. The summed E-state index contributed by atoms with van der Waals surface area (Å²) in [5.74, 6) is -4.43. The number of carbonyl (C=O) groups excluding carboxylic acids is 2. The molecule has 1 aliphatic rings. The van der Waals surface area contributed by atoms with Crippen LogP contribution in [-0.4, -0.2) is 65.0 Å². The van der Waals surface area contributed by atoms with Gasteiger partial charge in [0.1, 0.15) is 17.4 Å². The molecule has 1 rings (SSSR count). The molecule has 120 valence electrons. The van der Waals surface area contributed by atoms with Gasteiger partial charge in [0.25, 0.3) is 0 Å². The van der Waals surface area contributed by atoms with E-state index in [2.05, 4.69) is 4.74 Å². The number of nitrogens with zero attached hydrogens (tertiary/aromatic N) is 1. The van der Waals surface area contributed by atoms with Crippen LogP contribution < -0.4 is 0 Å². The Morgan fingerprint density at radius 1 is 1.14 bits per heavy atom. The van der Waals surface area contributed by atoms with Crippen molar-refractivity contribution in [3.05, 3.63) is 0 Å². The standard InChI is InChI=1S/C13H21NO7/c1-13(2,3)21-12(19)14-5-7(10(16)17)9(15)8(6-14)11(18)20-4/h7-9,15H,5-6H2,1-4H3,(H,16,17)/t7-,8+,9-/m1/s1. The zero-order valence-corrected chi connectivity index (χ0v) is 12.5. The van der Waals surface area contributed by atoms with Crippen LogP contribution in [0.1, 0.15) is 20.8 Å². The molecule has 1 saturated heterocycles. The molecule has 0 aliphatic carbocycles. The summed E-state index contributed by atoms with van der Waals surface area (Å²) in [6.45, 7) is 4.66. The number of carboxylic acid groups (broad SMARTS) is 1. The number of aliphatic hydroxyl groups excluding tert-OH is 1. The summed E-state index contributed by atoms with van der Waals surface area (Å²) in [4.78, 5) is 36.0. The summed E-state index contributed by atoms with van der Waals surface area (Å²) in [5.41, 5.74) is -0.743. The summed E-state index contributed by atoms with van der Waals surface area (Å²) in [5, 5.41) is 19.1. The van der Waals surface area contributed by atoms with E-state index >= 15 is 0 Å². The Balaban J connectivity index is 2.94. The number of methoxy groups -OCH3 is 1. The largest absolute Gasteiger partial charge is 0.481 e. The van der Waals surface area contributed by atoms with Crippen molar-refractivity contribution in [2.24, 2.45) is 11.8 Å². The minimum Gasteiger partial charge on any atom is -0.481 e. The van der Waals surface area contributed by atoms with Crippen LogP contribution in [0, 0.1) is 11.8 Å². The van der Waals surface area contributed by atoms with Crippen LogP contribution in [0.4, 0.5) is 4.79 Å². The van der Waals surface area contributed by atoms with E-state index in [0.717, 1.165) is 12.0 Å². The molecule has 1 amide bonds. The van der Waals surface area contributed by atoms with Gasteiger partial charge in [-0.05, 0) is 20.8 Å². The monoisotopic (exact) mass is 303 g/mol. The van der Waals surface area contributed by atoms with Gasteiger partial charge >= 0.3 is 18.0 Å². The minimum atomic E-state index is -1.41. The SMILES string of the molecule is COC(=O)[C@H]1CN(C(=O)OC(C)(C)C)C[C@@H](C(=O)O)[C@H]1O. The molecular formula is C13H21NO7. The highest BCUT2D eigenvalue weighted by Crippen LogP contribution is 2.25. The van der Waals surface area contributed by atoms with Crippen LogP contribution in [0.25, 0.3) is 0 Å². The van der Waals surface area contributed by atoms with Crippen LogP contribution in [0.15, 0.2) is 0 Å². The van der Waals surface area contributed by atoms with Gasteiger partial charge in [-0.15, -0.1) is 0 Å². The summed E-state index contributed by atoms with van der Waals surface area (Å²) >= 11 is 0. The number of rotatable bonds is 2. The number of aliphatic hydroxyl groups is 1. The Morgan fingerprint density at radius 2 is 1.67 bits per heavy atom. The van der Waals surface area contributed by atoms with Crippen LogP contribution in [0.3, 0.4) is 0 Å². The van der Waals surface area contributed by atoms with Crippen molar-refractivity contribution >= 4 is 18.0 Å². The maximum absolute atomic E-state index is 12.0. The van der Waals surface area contributed by atoms with Crippen molar-refractivity contribution in [3.8, 4) is 0 Å². The van der Waals surface area contributed by atoms with Crippen LogP contribution in [0.2, 0.25) is 0 Å². The second-order valence-electron chi connectivity index (χ2n) is 5.95. The Bertz CT molecular complexity index is 429. The van der Waals surface area contributed by atoms with Crippen LogP contribution >= 0.6 is 0 Å². The highest BCUT2D eigenvalue weighted by atomic mass is 16.6. The van der Waals surface area contributed by atoms with Gasteiger partial charge in [0.2, 0.25) is 0 Å². The topological polar surface area (TPSA) is 113 Å². The molecule has 0 radical (unpaired) electrons. The third-order valence-corrected chi connectivity index (χ3v) is 3.13. The quantitative estimate of drug-likeness (QED) is 0.695. The zero-order chi connectivity index (χ0) is 16.4. The van der Waals surface area contributed by atoms with Crippen molar-refractivity contribution in [1.82, 2.24) is 4.90 Å². The lowest BCUT2D eigenvalue weighted by molar-refractivity contribution is -0.162. The number of ether oxygens (including phenoxy) is 2. The second-order valence-corrected chi connectivity index (χ2v) is 5.95. The Hall–Kier alpha value is -1.83. The zero-order valence-electron chi connectivity index (χ0n) is 12.5. The molecule has 21 heavy (non-hydrogen) atoms. The molecule has 0 unspecified atom stereocenters. The van der Waals surface area contributed by atoms with Gasteiger partial charge in [0, 0.05) is 13.1 Å². The fraction of sp³-hybridized carbons (Fsp3) is 0.769. The predicted molar refractivity (Wildman–Crippen MR) is 70.4 cm³/mol. The number of piperidine rings is 1. The van der Waals surface area contributed by atoms with Crippen molar-refractivity contribution in [1.29, 1.82) is 0 Å². The fourth-order valence-electron chi connectivity index (χ4n) is 2.11. The minimum absolute atomic E-state index is 0.146. The molecule has 1 aliphatic heterocycles. The van der Waals surface area contributed by atoms with Gasteiger partial charge in [0.05, 0.1) is 13.2 Å². The molecule has 0 aromatic rings. The second kappa shape index (κ2) is 6.30. The van der Waals surface area contributed by atoms with Crippen molar-refractivity contribution < 1.29 is 34.1 Å². The Kier molecular flexibility index (Phi) is 5.16. The van der Waals surface area contributed by atoms with E-state index < -0.39 is 41.6 Å². The molecular weight excluding hydrogens is 282 g/mol. The number of likely N-dealkylation sites (tertiary alicyclic amines) is 1. The Labute approximate surface area is 122 Å². The first-order valence-electron chi connectivity index (χ1n) is 6.53. The third-order valence-electron chi connectivity index (χ3n) is 3.13. The lowest BCUT2D eigenvalue weighted by Crippen LogP contribution is -2.56. The van der Waals surface area contributed by atoms with E-state index in [9.17, 15) is 19.5 Å². The van der Waals surface area contributed by atoms with Gasteiger partial charge < -0.3 is 24.6 Å². The molecule has 1 fully saturated rings. The lowest BCUT2D eigenvalue weighted by atomic mass is 9.86. The number of carbonyl (C=O) groups is 3. The molecule has 0 saturated carbocycles. The highest BCUT2D eigenvalue weighted by molar-refractivity contribution is 5.79. The van der Waals surface area contributed by atoms with Crippen molar-refractivity contribution in [2.45, 2.75) is 32.5 Å². The first kappa shape index (κ1) is 17.2. The summed E-state index contributed by atoms with van der Waals surface area (Å²) in [7, 11) is 1.14. The molecule has 0 bridgehead atoms. The number of hydrogen-bond acceptors (Lipinski definition) is 6. The summed E-state index contributed by atoms with van der Waals surface area (Å²) in [6.07, 6.45) is -2.14. The molecule has 0 aromatic carbocycles. The molecule has 3 atom stereocenters. The fourth-order valence-corrected chi connectivity index (χ4v) is 2.11. The van der Waals surface area contributed by atoms with E-state index in [4.69, 9.17) is 9.84 Å². The smallest absolute Gasteiger partial charge is 0.410 e. The summed E-state index contributed by atoms with van der Waals surface area (Å²) in [6, 6.07) is 0. The van der Waals surface area contributed by atoms with Crippen LogP contribution in [0.5, 0.6) is 0 Å². The molecule has 0 spiro atoms. The van der Waals surface area contributed by atoms with E-state index in [-0.39, 0.29) is 13.1 Å². The first-order valence-corrected chi connectivity index (χ1v) is 6.53. The number of amides is 1. The van der Waals surface area contributed by atoms with Gasteiger partial charge in [-0.1, -0.05) is 0 Å². The average Bonchev–Trinajstić information content (AvgIpc) is 2.35. The van der Waals surface area contributed by atoms with E-state index in [1.807, 2.05) is 0 Å². The van der Waals surface area contributed by atoms with E-state index in [1.54, 1.807) is 20.8 Å².